The lowest BCUT2D eigenvalue weighted by Gasteiger charge is -2.19. The molecule has 0 fully saturated rings. The standard InChI is InChI=1S/C23H23FN2O5/c1-13(27)26-18-11-16(24)8-9-17(18)19(21(26)29)20(28)15-7-5-6-14(10-15)12-25-22(30)31-23(2,3)4/h5-11,28H,12H2,1-4H3,(H,25,30). The van der Waals surface area contributed by atoms with Crippen LogP contribution in [0.2, 0.25) is 0 Å². The van der Waals surface area contributed by atoms with Crippen molar-refractivity contribution in [1.29, 1.82) is 0 Å². The van der Waals surface area contributed by atoms with Gasteiger partial charge < -0.3 is 15.2 Å². The molecule has 3 rings (SSSR count). The van der Waals surface area contributed by atoms with E-state index in [1.54, 1.807) is 45.0 Å². The number of alkyl carbamates (subject to hydrolysis) is 1. The highest BCUT2D eigenvalue weighted by Gasteiger charge is 2.38. The van der Waals surface area contributed by atoms with E-state index in [2.05, 4.69) is 5.32 Å². The average Bonchev–Trinajstić information content (AvgIpc) is 2.95. The Labute approximate surface area is 179 Å². The van der Waals surface area contributed by atoms with E-state index >= 15 is 0 Å². The van der Waals surface area contributed by atoms with Crippen LogP contribution in [-0.4, -0.2) is 28.6 Å². The van der Waals surface area contributed by atoms with Crippen molar-refractivity contribution in [2.45, 2.75) is 39.8 Å². The third-order valence-corrected chi connectivity index (χ3v) is 4.47. The van der Waals surface area contributed by atoms with Gasteiger partial charge in [0.25, 0.3) is 5.91 Å². The van der Waals surface area contributed by atoms with Crippen LogP contribution in [0.3, 0.4) is 0 Å². The van der Waals surface area contributed by atoms with E-state index < -0.39 is 29.3 Å². The van der Waals surface area contributed by atoms with Gasteiger partial charge in [0.05, 0.1) is 11.3 Å². The maximum Gasteiger partial charge on any atom is 0.407 e. The number of anilines is 1. The van der Waals surface area contributed by atoms with Gasteiger partial charge >= 0.3 is 6.09 Å². The summed E-state index contributed by atoms with van der Waals surface area (Å²) in [5, 5.41) is 13.5. The third-order valence-electron chi connectivity index (χ3n) is 4.47. The molecule has 162 valence electrons. The zero-order valence-electron chi connectivity index (χ0n) is 17.7. The number of amides is 3. The molecule has 1 aliphatic heterocycles. The van der Waals surface area contributed by atoms with E-state index in [0.717, 1.165) is 17.0 Å². The molecule has 0 saturated heterocycles. The van der Waals surface area contributed by atoms with E-state index in [1.807, 2.05) is 0 Å². The second-order valence-electron chi connectivity index (χ2n) is 8.10. The summed E-state index contributed by atoms with van der Waals surface area (Å²) in [5.41, 5.74) is 0.587. The Hall–Kier alpha value is -3.68. The number of ether oxygens (including phenoxy) is 1. The van der Waals surface area contributed by atoms with Crippen LogP contribution in [0.5, 0.6) is 0 Å². The van der Waals surface area contributed by atoms with Crippen molar-refractivity contribution in [3.63, 3.8) is 0 Å². The molecule has 2 N–H and O–H groups in total. The fourth-order valence-electron chi connectivity index (χ4n) is 3.24. The lowest BCUT2D eigenvalue weighted by Crippen LogP contribution is -2.32. The van der Waals surface area contributed by atoms with Gasteiger partial charge in [-0.05, 0) is 50.6 Å². The number of aliphatic hydroxyl groups excluding tert-OH is 1. The van der Waals surface area contributed by atoms with Gasteiger partial charge in [0.2, 0.25) is 5.91 Å². The zero-order chi connectivity index (χ0) is 22.9. The van der Waals surface area contributed by atoms with Gasteiger partial charge in [-0.2, -0.15) is 0 Å². The van der Waals surface area contributed by atoms with Crippen molar-refractivity contribution in [3.8, 4) is 0 Å². The van der Waals surface area contributed by atoms with Gasteiger partial charge in [-0.15, -0.1) is 0 Å². The number of fused-ring (bicyclic) bond motifs is 1. The predicted molar refractivity (Wildman–Crippen MR) is 114 cm³/mol. The summed E-state index contributed by atoms with van der Waals surface area (Å²) >= 11 is 0. The first-order chi connectivity index (χ1) is 14.5. The highest BCUT2D eigenvalue weighted by Crippen LogP contribution is 2.40. The van der Waals surface area contributed by atoms with Crippen LogP contribution in [-0.2, 0) is 20.9 Å². The molecule has 0 saturated carbocycles. The van der Waals surface area contributed by atoms with Crippen molar-refractivity contribution in [2.75, 3.05) is 4.90 Å². The number of nitrogens with zero attached hydrogens (tertiary/aromatic N) is 1. The van der Waals surface area contributed by atoms with E-state index in [9.17, 15) is 23.9 Å². The van der Waals surface area contributed by atoms with Gasteiger partial charge in [-0.3, -0.25) is 9.59 Å². The number of halogens is 1. The molecule has 3 amide bonds. The smallest absolute Gasteiger partial charge is 0.407 e. The Morgan fingerprint density at radius 1 is 1.16 bits per heavy atom. The number of rotatable bonds is 3. The SMILES string of the molecule is CC(=O)N1C(=O)C(=C(O)c2cccc(CNC(=O)OC(C)(C)C)c2)c2ccc(F)cc21. The normalized spacial score (nSPS) is 14.9. The van der Waals surface area contributed by atoms with Gasteiger partial charge in [0.1, 0.15) is 17.2 Å². The summed E-state index contributed by atoms with van der Waals surface area (Å²) in [4.78, 5) is 37.5. The molecule has 0 unspecified atom stereocenters. The first-order valence-electron chi connectivity index (χ1n) is 9.62. The molecule has 1 heterocycles. The second-order valence-corrected chi connectivity index (χ2v) is 8.10. The Bertz CT molecular complexity index is 1100. The van der Waals surface area contributed by atoms with Crippen LogP contribution in [0.25, 0.3) is 11.3 Å². The Morgan fingerprint density at radius 2 is 1.87 bits per heavy atom. The molecular weight excluding hydrogens is 403 g/mol. The second kappa shape index (κ2) is 8.22. The topological polar surface area (TPSA) is 95.9 Å². The summed E-state index contributed by atoms with van der Waals surface area (Å²) in [6, 6.07) is 10.2. The minimum Gasteiger partial charge on any atom is -0.506 e. The zero-order valence-corrected chi connectivity index (χ0v) is 17.7. The predicted octanol–water partition coefficient (Wildman–Crippen LogP) is 4.17. The van der Waals surface area contributed by atoms with E-state index in [4.69, 9.17) is 4.74 Å². The van der Waals surface area contributed by atoms with Crippen molar-refractivity contribution >= 4 is 34.9 Å². The lowest BCUT2D eigenvalue weighted by molar-refractivity contribution is -0.122. The van der Waals surface area contributed by atoms with Crippen LogP contribution in [0, 0.1) is 5.82 Å². The van der Waals surface area contributed by atoms with Crippen LogP contribution < -0.4 is 10.2 Å². The van der Waals surface area contributed by atoms with Gasteiger partial charge in [0, 0.05) is 24.6 Å². The monoisotopic (exact) mass is 426 g/mol. The number of nitrogens with one attached hydrogen (secondary N) is 1. The Morgan fingerprint density at radius 3 is 2.52 bits per heavy atom. The molecule has 0 aromatic heterocycles. The fraction of sp³-hybridized carbons (Fsp3) is 0.261. The van der Waals surface area contributed by atoms with E-state index in [-0.39, 0.29) is 29.1 Å². The maximum absolute atomic E-state index is 13.7. The number of benzene rings is 2. The summed E-state index contributed by atoms with van der Waals surface area (Å²) in [7, 11) is 0. The van der Waals surface area contributed by atoms with Crippen LogP contribution in [0.1, 0.15) is 44.4 Å². The maximum atomic E-state index is 13.7. The molecule has 31 heavy (non-hydrogen) atoms. The highest BCUT2D eigenvalue weighted by atomic mass is 19.1. The van der Waals surface area contributed by atoms with Crippen molar-refractivity contribution in [2.24, 2.45) is 0 Å². The molecule has 8 heteroatoms. The van der Waals surface area contributed by atoms with Crippen LogP contribution >= 0.6 is 0 Å². The minimum atomic E-state index is -0.733. The molecule has 7 nitrogen and oxygen atoms in total. The first kappa shape index (κ1) is 22.0. The van der Waals surface area contributed by atoms with Gasteiger partial charge in [-0.1, -0.05) is 18.2 Å². The number of carbonyl (C=O) groups is 3. The van der Waals surface area contributed by atoms with E-state index in [0.29, 0.717) is 11.1 Å². The third kappa shape index (κ3) is 4.74. The highest BCUT2D eigenvalue weighted by molar-refractivity contribution is 6.42. The number of aliphatic hydroxyl groups is 1. The molecule has 0 bridgehead atoms. The average molecular weight is 426 g/mol. The molecule has 0 atom stereocenters. The van der Waals surface area contributed by atoms with Crippen molar-refractivity contribution < 1.29 is 28.6 Å². The number of carbonyl (C=O) groups excluding carboxylic acids is 3. The van der Waals surface area contributed by atoms with Gasteiger partial charge in [0.15, 0.2) is 0 Å². The Balaban J connectivity index is 1.93. The minimum absolute atomic E-state index is 0.0850. The molecular formula is C23H23FN2O5. The van der Waals surface area contributed by atoms with Crippen molar-refractivity contribution in [3.05, 3.63) is 65.0 Å². The fourth-order valence-corrected chi connectivity index (χ4v) is 3.24. The summed E-state index contributed by atoms with van der Waals surface area (Å²) in [6.45, 7) is 6.59. The molecule has 0 aliphatic carbocycles. The van der Waals surface area contributed by atoms with E-state index in [1.165, 1.54) is 13.0 Å². The molecule has 0 spiro atoms. The molecule has 2 aromatic rings. The largest absolute Gasteiger partial charge is 0.506 e. The molecule has 1 aliphatic rings. The number of hydrogen-bond donors (Lipinski definition) is 2. The van der Waals surface area contributed by atoms with Crippen molar-refractivity contribution in [1.82, 2.24) is 5.32 Å². The summed E-state index contributed by atoms with van der Waals surface area (Å²) in [5.74, 6) is -2.27. The first-order valence-corrected chi connectivity index (χ1v) is 9.62. The van der Waals surface area contributed by atoms with Gasteiger partial charge in [-0.25, -0.2) is 14.1 Å². The molecule has 0 radical (unpaired) electrons. The Kier molecular flexibility index (Phi) is 5.83. The number of imide groups is 1. The van der Waals surface area contributed by atoms with Crippen LogP contribution in [0.15, 0.2) is 42.5 Å². The summed E-state index contributed by atoms with van der Waals surface area (Å²) in [6.07, 6.45) is -0.584. The van der Waals surface area contributed by atoms with Crippen LogP contribution in [0.4, 0.5) is 14.9 Å². The number of hydrogen-bond acceptors (Lipinski definition) is 5. The molecule has 2 aromatic carbocycles. The quantitative estimate of drug-likeness (QED) is 0.567. The lowest BCUT2D eigenvalue weighted by atomic mass is 10.0. The summed E-state index contributed by atoms with van der Waals surface area (Å²) < 4.78 is 18.9.